The Hall–Kier alpha value is -2.66. The number of hydrogen-bond donors (Lipinski definition) is 1. The van der Waals surface area contributed by atoms with Crippen LogP contribution < -0.4 is 10.2 Å². The van der Waals surface area contributed by atoms with E-state index in [0.29, 0.717) is 24.6 Å². The fraction of sp³-hybridized carbons (Fsp3) is 0.391. The first-order valence-corrected chi connectivity index (χ1v) is 10.1. The monoisotopic (exact) mass is 377 g/mol. The Bertz CT molecular complexity index is 852. The van der Waals surface area contributed by atoms with Crippen molar-refractivity contribution in [2.24, 2.45) is 0 Å². The van der Waals surface area contributed by atoms with Crippen LogP contribution in [-0.4, -0.2) is 42.4 Å². The van der Waals surface area contributed by atoms with Crippen LogP contribution in [0, 0.1) is 0 Å². The highest BCUT2D eigenvalue weighted by molar-refractivity contribution is 6.03. The molecule has 2 unspecified atom stereocenters. The minimum Gasteiger partial charge on any atom is -0.323 e. The molecule has 0 saturated carbocycles. The molecule has 2 aliphatic heterocycles. The molecule has 0 bridgehead atoms. The van der Waals surface area contributed by atoms with Crippen LogP contribution in [0.25, 0.3) is 0 Å². The first kappa shape index (κ1) is 18.7. The predicted molar refractivity (Wildman–Crippen MR) is 111 cm³/mol. The molecule has 2 saturated heterocycles. The molecule has 5 heteroatoms. The zero-order chi connectivity index (χ0) is 19.5. The molecule has 28 heavy (non-hydrogen) atoms. The van der Waals surface area contributed by atoms with Gasteiger partial charge in [0.2, 0.25) is 11.8 Å². The summed E-state index contributed by atoms with van der Waals surface area (Å²) in [6, 6.07) is 17.9. The molecule has 5 nitrogen and oxygen atoms in total. The van der Waals surface area contributed by atoms with E-state index in [9.17, 15) is 9.59 Å². The molecule has 1 N–H and O–H groups in total. The smallest absolute Gasteiger partial charge is 0.241 e. The van der Waals surface area contributed by atoms with Crippen LogP contribution in [-0.2, 0) is 9.59 Å². The second-order valence-corrected chi connectivity index (χ2v) is 7.72. The Morgan fingerprint density at radius 3 is 2.57 bits per heavy atom. The maximum atomic E-state index is 12.9. The lowest BCUT2D eigenvalue weighted by molar-refractivity contribution is -0.120. The van der Waals surface area contributed by atoms with Gasteiger partial charge < -0.3 is 10.2 Å². The molecule has 2 fully saturated rings. The molecule has 4 rings (SSSR count). The lowest BCUT2D eigenvalue weighted by Gasteiger charge is -2.25. The summed E-state index contributed by atoms with van der Waals surface area (Å²) < 4.78 is 0. The standard InChI is InChI=1S/C23H27N3O2/c1-17(25-15-13-19(16-25)18-8-3-2-4-9-18)23(28)24-20-10-5-6-11-21(20)26-14-7-12-22(26)27/h2-6,8-11,17,19H,7,12-16H2,1H3,(H,24,28). The molecular weight excluding hydrogens is 350 g/mol. The van der Waals surface area contributed by atoms with Gasteiger partial charge in [0.1, 0.15) is 0 Å². The third-order valence-corrected chi connectivity index (χ3v) is 5.94. The maximum Gasteiger partial charge on any atom is 0.241 e. The van der Waals surface area contributed by atoms with E-state index in [1.807, 2.05) is 37.3 Å². The van der Waals surface area contributed by atoms with Crippen LogP contribution in [0.1, 0.15) is 37.7 Å². The van der Waals surface area contributed by atoms with Gasteiger partial charge in [-0.3, -0.25) is 14.5 Å². The molecule has 2 aromatic carbocycles. The van der Waals surface area contributed by atoms with Crippen molar-refractivity contribution >= 4 is 23.2 Å². The van der Waals surface area contributed by atoms with E-state index in [1.54, 1.807) is 4.90 Å². The number of nitrogens with one attached hydrogen (secondary N) is 1. The molecule has 146 valence electrons. The summed E-state index contributed by atoms with van der Waals surface area (Å²) in [5.41, 5.74) is 2.86. The van der Waals surface area contributed by atoms with Gasteiger partial charge in [-0.2, -0.15) is 0 Å². The molecule has 0 radical (unpaired) electrons. The minimum atomic E-state index is -0.212. The number of likely N-dealkylation sites (tertiary alicyclic amines) is 1. The predicted octanol–water partition coefficient (Wildman–Crippen LogP) is 3.63. The number of para-hydroxylation sites is 2. The first-order valence-electron chi connectivity index (χ1n) is 10.1. The number of amides is 2. The van der Waals surface area contributed by atoms with Gasteiger partial charge in [-0.15, -0.1) is 0 Å². The fourth-order valence-corrected chi connectivity index (χ4v) is 4.26. The van der Waals surface area contributed by atoms with Gasteiger partial charge >= 0.3 is 0 Å². The van der Waals surface area contributed by atoms with Crippen molar-refractivity contribution in [3.63, 3.8) is 0 Å². The lowest BCUT2D eigenvalue weighted by Crippen LogP contribution is -2.41. The molecule has 0 spiro atoms. The van der Waals surface area contributed by atoms with Crippen molar-refractivity contribution in [3.8, 4) is 0 Å². The topological polar surface area (TPSA) is 52.7 Å². The number of benzene rings is 2. The Labute approximate surface area is 166 Å². The van der Waals surface area contributed by atoms with Crippen molar-refractivity contribution in [1.29, 1.82) is 0 Å². The van der Waals surface area contributed by atoms with E-state index in [2.05, 4.69) is 34.5 Å². The fourth-order valence-electron chi connectivity index (χ4n) is 4.26. The third-order valence-electron chi connectivity index (χ3n) is 5.94. The highest BCUT2D eigenvalue weighted by atomic mass is 16.2. The zero-order valence-corrected chi connectivity index (χ0v) is 16.3. The molecule has 2 aromatic rings. The Morgan fingerprint density at radius 1 is 1.07 bits per heavy atom. The van der Waals surface area contributed by atoms with Crippen LogP contribution >= 0.6 is 0 Å². The Kier molecular flexibility index (Phi) is 5.44. The molecule has 2 amide bonds. The average molecular weight is 377 g/mol. The molecule has 2 heterocycles. The normalized spacial score (nSPS) is 21.1. The van der Waals surface area contributed by atoms with Gasteiger partial charge in [-0.1, -0.05) is 42.5 Å². The van der Waals surface area contributed by atoms with Crippen molar-refractivity contribution in [3.05, 3.63) is 60.2 Å². The molecule has 2 aliphatic rings. The number of hydrogen-bond acceptors (Lipinski definition) is 3. The van der Waals surface area contributed by atoms with Gasteiger partial charge in [0.25, 0.3) is 0 Å². The maximum absolute atomic E-state index is 12.9. The van der Waals surface area contributed by atoms with E-state index >= 15 is 0 Å². The summed E-state index contributed by atoms with van der Waals surface area (Å²) in [4.78, 5) is 29.1. The van der Waals surface area contributed by atoms with Crippen molar-refractivity contribution in [1.82, 2.24) is 4.90 Å². The zero-order valence-electron chi connectivity index (χ0n) is 16.3. The summed E-state index contributed by atoms with van der Waals surface area (Å²) in [6.07, 6.45) is 2.51. The average Bonchev–Trinajstić information content (AvgIpc) is 3.38. The highest BCUT2D eigenvalue weighted by Gasteiger charge is 2.31. The molecule has 0 aliphatic carbocycles. The highest BCUT2D eigenvalue weighted by Crippen LogP contribution is 2.31. The van der Waals surface area contributed by atoms with Crippen LogP contribution in [0.5, 0.6) is 0 Å². The first-order chi connectivity index (χ1) is 13.6. The van der Waals surface area contributed by atoms with Crippen LogP contribution in [0.15, 0.2) is 54.6 Å². The summed E-state index contributed by atoms with van der Waals surface area (Å²) in [5, 5.41) is 3.06. The number of nitrogens with zero attached hydrogens (tertiary/aromatic N) is 2. The Morgan fingerprint density at radius 2 is 1.82 bits per heavy atom. The molecule has 0 aromatic heterocycles. The van der Waals surface area contributed by atoms with E-state index in [1.165, 1.54) is 5.56 Å². The van der Waals surface area contributed by atoms with Gasteiger partial charge in [0.15, 0.2) is 0 Å². The Balaban J connectivity index is 1.42. The van der Waals surface area contributed by atoms with E-state index in [-0.39, 0.29) is 17.9 Å². The quantitative estimate of drug-likeness (QED) is 0.866. The second kappa shape index (κ2) is 8.15. The van der Waals surface area contributed by atoms with E-state index < -0.39 is 0 Å². The lowest BCUT2D eigenvalue weighted by atomic mass is 9.99. The van der Waals surface area contributed by atoms with Crippen LogP contribution in [0.2, 0.25) is 0 Å². The van der Waals surface area contributed by atoms with Crippen LogP contribution in [0.3, 0.4) is 0 Å². The van der Waals surface area contributed by atoms with Crippen LogP contribution in [0.4, 0.5) is 11.4 Å². The number of rotatable bonds is 5. The third kappa shape index (κ3) is 3.80. The van der Waals surface area contributed by atoms with E-state index in [0.717, 1.165) is 31.6 Å². The number of carbonyl (C=O) groups is 2. The SMILES string of the molecule is CC(C(=O)Nc1ccccc1N1CCCC1=O)N1CCC(c2ccccc2)C1. The van der Waals surface area contributed by atoms with Crippen molar-refractivity contribution in [2.45, 2.75) is 38.1 Å². The summed E-state index contributed by atoms with van der Waals surface area (Å²) in [6.45, 7) is 4.49. The van der Waals surface area contributed by atoms with Gasteiger partial charge in [-0.25, -0.2) is 0 Å². The second-order valence-electron chi connectivity index (χ2n) is 7.72. The number of anilines is 2. The summed E-state index contributed by atoms with van der Waals surface area (Å²) in [7, 11) is 0. The van der Waals surface area contributed by atoms with Gasteiger partial charge in [-0.05, 0) is 49.9 Å². The van der Waals surface area contributed by atoms with Crippen molar-refractivity contribution in [2.75, 3.05) is 29.9 Å². The molecule has 2 atom stereocenters. The molecular formula is C23H27N3O2. The van der Waals surface area contributed by atoms with Crippen molar-refractivity contribution < 1.29 is 9.59 Å². The number of carbonyl (C=O) groups excluding carboxylic acids is 2. The van der Waals surface area contributed by atoms with Gasteiger partial charge in [0.05, 0.1) is 17.4 Å². The van der Waals surface area contributed by atoms with Gasteiger partial charge in [0, 0.05) is 19.5 Å². The summed E-state index contributed by atoms with van der Waals surface area (Å²) >= 11 is 0. The largest absolute Gasteiger partial charge is 0.323 e. The van der Waals surface area contributed by atoms with E-state index in [4.69, 9.17) is 0 Å². The summed E-state index contributed by atoms with van der Waals surface area (Å²) in [5.74, 6) is 0.582. The minimum absolute atomic E-state index is 0.0205.